The van der Waals surface area contributed by atoms with Crippen molar-refractivity contribution in [3.05, 3.63) is 35.9 Å². The number of nitrogens with zero attached hydrogens (tertiary/aromatic N) is 1. The van der Waals surface area contributed by atoms with Crippen molar-refractivity contribution in [2.45, 2.75) is 38.6 Å². The first-order chi connectivity index (χ1) is 11.6. The zero-order chi connectivity index (χ0) is 17.4. The van der Waals surface area contributed by atoms with Crippen LogP contribution in [0.4, 0.5) is 0 Å². The van der Waals surface area contributed by atoms with Crippen LogP contribution in [0.15, 0.2) is 30.3 Å². The van der Waals surface area contributed by atoms with E-state index in [0.717, 1.165) is 24.8 Å². The third-order valence-electron chi connectivity index (χ3n) is 4.03. The van der Waals surface area contributed by atoms with Gasteiger partial charge in [-0.2, -0.15) is 0 Å². The Bertz CT molecular complexity index is 574. The fourth-order valence-corrected chi connectivity index (χ4v) is 2.66. The summed E-state index contributed by atoms with van der Waals surface area (Å²) in [5.41, 5.74) is 0.979. The summed E-state index contributed by atoms with van der Waals surface area (Å²) in [5.74, 6) is -0.929. The van der Waals surface area contributed by atoms with E-state index in [-0.39, 0.29) is 31.0 Å². The highest BCUT2D eigenvalue weighted by Crippen LogP contribution is 2.12. The molecule has 6 nitrogen and oxygen atoms in total. The summed E-state index contributed by atoms with van der Waals surface area (Å²) in [6, 6.07) is 9.38. The van der Waals surface area contributed by atoms with E-state index in [4.69, 9.17) is 4.74 Å². The van der Waals surface area contributed by atoms with Crippen LogP contribution >= 0.6 is 0 Å². The standard InChI is InChI=1S/C18H24N2O4/c1-14(15-8-4-2-5-9-15)19-16(21)13-24-18(23)12-20-11-7-3-6-10-17(20)22/h2,4-5,8-9,14H,3,6-7,10-13H2,1H3,(H,19,21)/t14-/m0/s1. The first kappa shape index (κ1) is 18.0. The van der Waals surface area contributed by atoms with Gasteiger partial charge in [0.2, 0.25) is 5.91 Å². The number of amides is 2. The van der Waals surface area contributed by atoms with Crippen LogP contribution in [0.25, 0.3) is 0 Å². The van der Waals surface area contributed by atoms with E-state index < -0.39 is 5.97 Å². The normalized spacial score (nSPS) is 16.2. The lowest BCUT2D eigenvalue weighted by Gasteiger charge is -2.19. The average Bonchev–Trinajstić information content (AvgIpc) is 2.78. The molecule has 1 aromatic rings. The maximum absolute atomic E-state index is 11.9. The predicted octanol–water partition coefficient (Wildman–Crippen LogP) is 1.81. The molecular formula is C18H24N2O4. The molecule has 2 amide bonds. The monoisotopic (exact) mass is 332 g/mol. The number of hydrogen-bond donors (Lipinski definition) is 1. The van der Waals surface area contributed by atoms with Crippen LogP contribution in [-0.2, 0) is 19.1 Å². The molecule has 1 aliphatic rings. The van der Waals surface area contributed by atoms with Crippen molar-refractivity contribution in [2.24, 2.45) is 0 Å². The molecule has 2 rings (SSSR count). The Morgan fingerprint density at radius 3 is 2.71 bits per heavy atom. The van der Waals surface area contributed by atoms with Crippen LogP contribution in [0.3, 0.4) is 0 Å². The zero-order valence-corrected chi connectivity index (χ0v) is 14.0. The van der Waals surface area contributed by atoms with Gasteiger partial charge in [-0.25, -0.2) is 0 Å². The van der Waals surface area contributed by atoms with E-state index in [1.807, 2.05) is 37.3 Å². The highest BCUT2D eigenvalue weighted by Gasteiger charge is 2.20. The van der Waals surface area contributed by atoms with E-state index in [0.29, 0.717) is 13.0 Å². The molecule has 0 spiro atoms. The Labute approximate surface area is 142 Å². The van der Waals surface area contributed by atoms with Crippen LogP contribution in [-0.4, -0.2) is 42.4 Å². The number of rotatable bonds is 6. The number of benzene rings is 1. The quantitative estimate of drug-likeness (QED) is 0.806. The molecule has 0 aromatic heterocycles. The van der Waals surface area contributed by atoms with Crippen LogP contribution in [0.1, 0.15) is 44.2 Å². The van der Waals surface area contributed by atoms with Gasteiger partial charge in [-0.15, -0.1) is 0 Å². The summed E-state index contributed by atoms with van der Waals surface area (Å²) < 4.78 is 4.99. The summed E-state index contributed by atoms with van der Waals surface area (Å²) in [5, 5.41) is 2.78. The molecule has 1 heterocycles. The molecule has 0 bridgehead atoms. The number of hydrogen-bond acceptors (Lipinski definition) is 4. The smallest absolute Gasteiger partial charge is 0.326 e. The van der Waals surface area contributed by atoms with Gasteiger partial charge in [-0.05, 0) is 25.3 Å². The maximum Gasteiger partial charge on any atom is 0.326 e. The molecule has 0 saturated carbocycles. The van der Waals surface area contributed by atoms with Gasteiger partial charge in [0, 0.05) is 13.0 Å². The molecule has 6 heteroatoms. The van der Waals surface area contributed by atoms with Crippen molar-refractivity contribution < 1.29 is 19.1 Å². The Kier molecular flexibility index (Phi) is 6.78. The van der Waals surface area contributed by atoms with Crippen LogP contribution in [0.5, 0.6) is 0 Å². The van der Waals surface area contributed by atoms with Crippen molar-refractivity contribution >= 4 is 17.8 Å². The first-order valence-corrected chi connectivity index (χ1v) is 8.34. The Morgan fingerprint density at radius 2 is 1.96 bits per heavy atom. The predicted molar refractivity (Wildman–Crippen MR) is 89.0 cm³/mol. The van der Waals surface area contributed by atoms with Crippen LogP contribution in [0, 0.1) is 0 Å². The minimum absolute atomic E-state index is 0.0217. The number of esters is 1. The van der Waals surface area contributed by atoms with Gasteiger partial charge < -0.3 is 15.0 Å². The molecule has 0 unspecified atom stereocenters. The summed E-state index contributed by atoms with van der Waals surface area (Å²) >= 11 is 0. The van der Waals surface area contributed by atoms with Crippen molar-refractivity contribution in [3.63, 3.8) is 0 Å². The third-order valence-corrected chi connectivity index (χ3v) is 4.03. The minimum Gasteiger partial charge on any atom is -0.454 e. The van der Waals surface area contributed by atoms with E-state index in [2.05, 4.69) is 5.32 Å². The Morgan fingerprint density at radius 1 is 1.21 bits per heavy atom. The number of carbonyl (C=O) groups is 3. The van der Waals surface area contributed by atoms with Gasteiger partial charge in [0.25, 0.3) is 5.91 Å². The second-order valence-electron chi connectivity index (χ2n) is 5.99. The third kappa shape index (κ3) is 5.68. The number of likely N-dealkylation sites (tertiary alicyclic amines) is 1. The Balaban J connectivity index is 1.72. The van der Waals surface area contributed by atoms with Crippen LogP contribution in [0.2, 0.25) is 0 Å². The van der Waals surface area contributed by atoms with Crippen molar-refractivity contribution in [3.8, 4) is 0 Å². The lowest BCUT2D eigenvalue weighted by Crippen LogP contribution is -2.37. The summed E-state index contributed by atoms with van der Waals surface area (Å²) in [6.07, 6.45) is 3.23. The van der Waals surface area contributed by atoms with Crippen molar-refractivity contribution in [1.29, 1.82) is 0 Å². The molecule has 0 aliphatic carbocycles. The van der Waals surface area contributed by atoms with Gasteiger partial charge in [-0.3, -0.25) is 14.4 Å². The van der Waals surface area contributed by atoms with Gasteiger partial charge in [0.1, 0.15) is 6.54 Å². The number of nitrogens with one attached hydrogen (secondary N) is 1. The SMILES string of the molecule is C[C@H](NC(=O)COC(=O)CN1CCCCCC1=O)c1ccccc1. The van der Waals surface area contributed by atoms with Gasteiger partial charge in [-0.1, -0.05) is 36.8 Å². The van der Waals surface area contributed by atoms with Gasteiger partial charge in [0.05, 0.1) is 6.04 Å². The maximum atomic E-state index is 11.9. The van der Waals surface area contributed by atoms with E-state index in [1.165, 1.54) is 4.90 Å². The van der Waals surface area contributed by atoms with E-state index in [1.54, 1.807) is 0 Å². The lowest BCUT2D eigenvalue weighted by atomic mass is 10.1. The summed E-state index contributed by atoms with van der Waals surface area (Å²) in [4.78, 5) is 37.0. The second-order valence-corrected chi connectivity index (χ2v) is 5.99. The van der Waals surface area contributed by atoms with Crippen molar-refractivity contribution in [1.82, 2.24) is 10.2 Å². The number of ether oxygens (including phenoxy) is 1. The second kappa shape index (κ2) is 9.05. The molecule has 130 valence electrons. The van der Waals surface area contributed by atoms with E-state index in [9.17, 15) is 14.4 Å². The topological polar surface area (TPSA) is 75.7 Å². The molecule has 1 aliphatic heterocycles. The molecule has 0 radical (unpaired) electrons. The largest absolute Gasteiger partial charge is 0.454 e. The molecule has 24 heavy (non-hydrogen) atoms. The highest BCUT2D eigenvalue weighted by molar-refractivity contribution is 5.84. The lowest BCUT2D eigenvalue weighted by molar-refractivity contribution is -0.152. The van der Waals surface area contributed by atoms with Gasteiger partial charge in [0.15, 0.2) is 6.61 Å². The minimum atomic E-state index is -0.548. The average molecular weight is 332 g/mol. The molecule has 1 aromatic carbocycles. The van der Waals surface area contributed by atoms with Crippen LogP contribution < -0.4 is 5.32 Å². The first-order valence-electron chi connectivity index (χ1n) is 8.34. The molecule has 1 atom stereocenters. The van der Waals surface area contributed by atoms with Gasteiger partial charge >= 0.3 is 5.97 Å². The summed E-state index contributed by atoms with van der Waals surface area (Å²) in [6.45, 7) is 2.02. The number of carbonyl (C=O) groups excluding carboxylic acids is 3. The fraction of sp³-hybridized carbons (Fsp3) is 0.500. The molecular weight excluding hydrogens is 308 g/mol. The zero-order valence-electron chi connectivity index (χ0n) is 14.0. The van der Waals surface area contributed by atoms with Crippen molar-refractivity contribution in [2.75, 3.05) is 19.7 Å². The highest BCUT2D eigenvalue weighted by atomic mass is 16.5. The molecule has 1 fully saturated rings. The van der Waals surface area contributed by atoms with E-state index >= 15 is 0 Å². The Hall–Kier alpha value is -2.37. The summed E-state index contributed by atoms with van der Waals surface area (Å²) in [7, 11) is 0. The molecule has 1 N–H and O–H groups in total. The fourth-order valence-electron chi connectivity index (χ4n) is 2.66. The molecule has 1 saturated heterocycles.